The second-order valence-corrected chi connectivity index (χ2v) is 6.35. The van der Waals surface area contributed by atoms with Gasteiger partial charge in [0.15, 0.2) is 11.3 Å². The number of rotatable bonds is 4. The lowest BCUT2D eigenvalue weighted by Crippen LogP contribution is -2.13. The van der Waals surface area contributed by atoms with Crippen molar-refractivity contribution in [2.24, 2.45) is 0 Å². The van der Waals surface area contributed by atoms with Gasteiger partial charge in [-0.15, -0.1) is 0 Å². The number of carbonyl (C=O) groups excluding carboxylic acids is 1. The summed E-state index contributed by atoms with van der Waals surface area (Å²) >= 11 is 3.36. The van der Waals surface area contributed by atoms with Gasteiger partial charge in [-0.05, 0) is 39.7 Å². The van der Waals surface area contributed by atoms with Gasteiger partial charge in [0.2, 0.25) is 0 Å². The van der Waals surface area contributed by atoms with Crippen LogP contribution in [0.15, 0.2) is 59.6 Å². The van der Waals surface area contributed by atoms with E-state index in [0.29, 0.717) is 22.4 Å². The Hall–Kier alpha value is -3.07. The molecule has 0 unspecified atom stereocenters. The first-order chi connectivity index (χ1) is 12.6. The summed E-state index contributed by atoms with van der Waals surface area (Å²) in [6.45, 7) is 0.398. The Morgan fingerprint density at radius 1 is 1.31 bits per heavy atom. The zero-order valence-electron chi connectivity index (χ0n) is 13.3. The number of aromatic nitrogens is 5. The smallest absolute Gasteiger partial charge is 0.277 e. The molecule has 0 fully saturated rings. The molecule has 4 aromatic rings. The van der Waals surface area contributed by atoms with E-state index in [1.54, 1.807) is 35.4 Å². The third kappa shape index (κ3) is 3.21. The molecule has 0 radical (unpaired) electrons. The highest BCUT2D eigenvalue weighted by Crippen LogP contribution is 2.21. The van der Waals surface area contributed by atoms with Crippen molar-refractivity contribution < 1.29 is 9.18 Å². The maximum Gasteiger partial charge on any atom is 0.277 e. The van der Waals surface area contributed by atoms with Crippen molar-refractivity contribution in [3.05, 3.63) is 76.7 Å². The summed E-state index contributed by atoms with van der Waals surface area (Å²) < 4.78 is 16.9. The number of hydrogen-bond donors (Lipinski definition) is 1. The Bertz CT molecular complexity index is 1110. The molecule has 0 saturated heterocycles. The number of carbonyl (C=O) groups is 1. The van der Waals surface area contributed by atoms with E-state index in [-0.39, 0.29) is 17.4 Å². The monoisotopic (exact) mass is 414 g/mol. The zero-order chi connectivity index (χ0) is 18.1. The van der Waals surface area contributed by atoms with Crippen molar-refractivity contribution >= 4 is 33.2 Å². The van der Waals surface area contributed by atoms with Crippen molar-refractivity contribution in [3.63, 3.8) is 0 Å². The molecule has 4 rings (SSSR count). The van der Waals surface area contributed by atoms with Gasteiger partial charge < -0.3 is 5.32 Å². The van der Waals surface area contributed by atoms with Gasteiger partial charge >= 0.3 is 0 Å². The molecular weight excluding hydrogens is 403 g/mol. The molecule has 0 aliphatic carbocycles. The van der Waals surface area contributed by atoms with E-state index in [9.17, 15) is 9.18 Å². The fraction of sp³-hybridized carbons (Fsp3) is 0.0588. The minimum absolute atomic E-state index is 0.224. The average molecular weight is 415 g/mol. The number of nitrogens with zero attached hydrogens (tertiary/aromatic N) is 5. The van der Waals surface area contributed by atoms with Crippen LogP contribution in [-0.2, 0) is 6.54 Å². The van der Waals surface area contributed by atoms with Crippen LogP contribution in [0.3, 0.4) is 0 Å². The molecule has 0 atom stereocenters. The number of amides is 1. The minimum atomic E-state index is -0.382. The lowest BCUT2D eigenvalue weighted by Gasteiger charge is -2.02. The Labute approximate surface area is 155 Å². The van der Waals surface area contributed by atoms with Crippen LogP contribution in [0.1, 0.15) is 16.1 Å². The normalized spacial score (nSPS) is 11.0. The molecule has 0 spiro atoms. The van der Waals surface area contributed by atoms with Crippen molar-refractivity contribution in [1.29, 1.82) is 0 Å². The summed E-state index contributed by atoms with van der Waals surface area (Å²) in [5, 5.41) is 11.1. The lowest BCUT2D eigenvalue weighted by atomic mass is 10.2. The molecule has 9 heteroatoms. The SMILES string of the molecule is O=C(Nc1cnn(Cc2cccc(F)c2)c1)c1nn2cccnc2c1Br. The van der Waals surface area contributed by atoms with Crippen LogP contribution in [0.5, 0.6) is 0 Å². The second kappa shape index (κ2) is 6.68. The van der Waals surface area contributed by atoms with E-state index in [0.717, 1.165) is 5.56 Å². The summed E-state index contributed by atoms with van der Waals surface area (Å²) in [6.07, 6.45) is 6.53. The molecule has 3 heterocycles. The fourth-order valence-corrected chi connectivity index (χ4v) is 3.07. The molecule has 3 aromatic heterocycles. The molecule has 0 aliphatic rings. The highest BCUT2D eigenvalue weighted by atomic mass is 79.9. The van der Waals surface area contributed by atoms with Crippen LogP contribution < -0.4 is 5.32 Å². The number of halogens is 2. The van der Waals surface area contributed by atoms with Gasteiger partial charge in [0, 0.05) is 18.6 Å². The van der Waals surface area contributed by atoms with Gasteiger partial charge in [-0.3, -0.25) is 9.48 Å². The summed E-state index contributed by atoms with van der Waals surface area (Å²) in [5.74, 6) is -0.679. The predicted molar refractivity (Wildman–Crippen MR) is 96.4 cm³/mol. The maximum absolute atomic E-state index is 13.3. The average Bonchev–Trinajstić information content (AvgIpc) is 3.20. The van der Waals surface area contributed by atoms with Crippen molar-refractivity contribution in [1.82, 2.24) is 24.4 Å². The Kier molecular flexibility index (Phi) is 4.21. The number of hydrogen-bond acceptors (Lipinski definition) is 4. The van der Waals surface area contributed by atoms with Gasteiger partial charge in [-0.1, -0.05) is 12.1 Å². The summed E-state index contributed by atoms with van der Waals surface area (Å²) in [4.78, 5) is 16.7. The molecule has 130 valence electrons. The molecule has 1 amide bonds. The number of fused-ring (bicyclic) bond motifs is 1. The number of benzene rings is 1. The summed E-state index contributed by atoms with van der Waals surface area (Å²) in [7, 11) is 0. The fourth-order valence-electron chi connectivity index (χ4n) is 2.53. The van der Waals surface area contributed by atoms with Gasteiger partial charge in [-0.2, -0.15) is 10.2 Å². The van der Waals surface area contributed by atoms with Crippen molar-refractivity contribution in [2.45, 2.75) is 6.54 Å². The largest absolute Gasteiger partial charge is 0.318 e. The van der Waals surface area contributed by atoms with E-state index >= 15 is 0 Å². The highest BCUT2D eigenvalue weighted by Gasteiger charge is 2.18. The van der Waals surface area contributed by atoms with E-state index in [4.69, 9.17) is 0 Å². The quantitative estimate of drug-likeness (QED) is 0.556. The minimum Gasteiger partial charge on any atom is -0.318 e. The molecule has 1 aromatic carbocycles. The number of nitrogens with one attached hydrogen (secondary N) is 1. The molecule has 0 bridgehead atoms. The molecule has 1 N–H and O–H groups in total. The first-order valence-corrected chi connectivity index (χ1v) is 8.46. The Morgan fingerprint density at radius 2 is 2.19 bits per heavy atom. The lowest BCUT2D eigenvalue weighted by molar-refractivity contribution is 0.102. The maximum atomic E-state index is 13.3. The first kappa shape index (κ1) is 16.4. The van der Waals surface area contributed by atoms with E-state index in [1.807, 2.05) is 6.07 Å². The van der Waals surface area contributed by atoms with Crippen LogP contribution in [-0.4, -0.2) is 30.3 Å². The standard InChI is InChI=1S/C17H12BrFN6O/c18-14-15(23-25-6-2-5-20-16(14)25)17(26)22-13-8-21-24(10-13)9-11-3-1-4-12(19)7-11/h1-8,10H,9H2,(H,22,26). The van der Waals surface area contributed by atoms with Crippen LogP contribution in [0, 0.1) is 5.82 Å². The molecular formula is C17H12BrFN6O. The third-order valence-corrected chi connectivity index (χ3v) is 4.41. The number of anilines is 1. The van der Waals surface area contributed by atoms with E-state index in [2.05, 4.69) is 36.4 Å². The third-order valence-electron chi connectivity index (χ3n) is 3.68. The Balaban J connectivity index is 1.51. The van der Waals surface area contributed by atoms with Gasteiger partial charge in [0.05, 0.1) is 22.9 Å². The Morgan fingerprint density at radius 3 is 3.00 bits per heavy atom. The molecule has 7 nitrogen and oxygen atoms in total. The van der Waals surface area contributed by atoms with Gasteiger partial charge in [0.25, 0.3) is 5.91 Å². The van der Waals surface area contributed by atoms with Crippen molar-refractivity contribution in [2.75, 3.05) is 5.32 Å². The van der Waals surface area contributed by atoms with Crippen LogP contribution in [0.25, 0.3) is 5.65 Å². The second-order valence-electron chi connectivity index (χ2n) is 5.56. The summed E-state index contributed by atoms with van der Waals surface area (Å²) in [5.41, 5.74) is 2.07. The van der Waals surface area contributed by atoms with Crippen LogP contribution >= 0.6 is 15.9 Å². The van der Waals surface area contributed by atoms with E-state index in [1.165, 1.54) is 22.8 Å². The highest BCUT2D eigenvalue weighted by molar-refractivity contribution is 9.10. The topological polar surface area (TPSA) is 77.1 Å². The van der Waals surface area contributed by atoms with Gasteiger partial charge in [-0.25, -0.2) is 13.9 Å². The van der Waals surface area contributed by atoms with Crippen molar-refractivity contribution in [3.8, 4) is 0 Å². The van der Waals surface area contributed by atoms with E-state index < -0.39 is 0 Å². The van der Waals surface area contributed by atoms with Crippen LogP contribution in [0.4, 0.5) is 10.1 Å². The first-order valence-electron chi connectivity index (χ1n) is 7.67. The zero-order valence-corrected chi connectivity index (χ0v) is 14.9. The summed E-state index contributed by atoms with van der Waals surface area (Å²) in [6, 6.07) is 8.01. The molecule has 0 saturated carbocycles. The van der Waals surface area contributed by atoms with Crippen LogP contribution in [0.2, 0.25) is 0 Å². The predicted octanol–water partition coefficient (Wildman–Crippen LogP) is 3.13. The molecule has 26 heavy (non-hydrogen) atoms. The van der Waals surface area contributed by atoms with Gasteiger partial charge in [0.1, 0.15) is 5.82 Å². The molecule has 0 aliphatic heterocycles.